The molecule has 2 heterocycles. The third-order valence-electron chi connectivity index (χ3n) is 2.86. The van der Waals surface area contributed by atoms with Crippen LogP contribution in [0.1, 0.15) is 10.4 Å². The van der Waals surface area contributed by atoms with E-state index in [9.17, 15) is 13.2 Å². The Morgan fingerprint density at radius 2 is 1.91 bits per heavy atom. The van der Waals surface area contributed by atoms with Crippen LogP contribution in [0, 0.1) is 0 Å². The molecule has 116 valence electrons. The van der Waals surface area contributed by atoms with Crippen LogP contribution in [-0.2, 0) is 10.0 Å². The molecule has 7 nitrogen and oxygen atoms in total. The molecule has 0 unspecified atom stereocenters. The summed E-state index contributed by atoms with van der Waals surface area (Å²) in [6.45, 7) is 0.863. The summed E-state index contributed by atoms with van der Waals surface area (Å²) in [4.78, 5) is 14.1. The molecule has 1 aliphatic rings. The lowest BCUT2D eigenvalue weighted by molar-refractivity contribution is 0.0944. The Labute approximate surface area is 130 Å². The molecule has 0 radical (unpaired) electrons. The van der Waals surface area contributed by atoms with Crippen molar-refractivity contribution in [2.75, 3.05) is 13.2 Å². The summed E-state index contributed by atoms with van der Waals surface area (Å²) in [5, 5.41) is 1.64. The number of hydrogen-bond acceptors (Lipinski definition) is 6. The fraction of sp³-hybridized carbons (Fsp3) is 0.154. The Hall–Kier alpha value is -2.10. The third-order valence-corrected chi connectivity index (χ3v) is 5.51. The summed E-state index contributed by atoms with van der Waals surface area (Å²) < 4.78 is 34.7. The van der Waals surface area contributed by atoms with Crippen molar-refractivity contribution in [1.29, 1.82) is 0 Å². The number of rotatable bonds is 4. The highest BCUT2D eigenvalue weighted by Gasteiger charge is 2.18. The van der Waals surface area contributed by atoms with E-state index in [1.165, 1.54) is 18.2 Å². The first kappa shape index (κ1) is 14.8. The van der Waals surface area contributed by atoms with Gasteiger partial charge < -0.3 is 9.47 Å². The Bertz CT molecular complexity index is 787. The predicted octanol–water partition coefficient (Wildman–Crippen LogP) is 1.14. The first-order valence-corrected chi connectivity index (χ1v) is 8.68. The predicted molar refractivity (Wildman–Crippen MR) is 79.5 cm³/mol. The van der Waals surface area contributed by atoms with Crippen molar-refractivity contribution in [3.63, 3.8) is 0 Å². The fourth-order valence-corrected chi connectivity index (χ4v) is 3.67. The highest BCUT2D eigenvalue weighted by atomic mass is 32.2. The molecule has 0 atom stereocenters. The van der Waals surface area contributed by atoms with E-state index < -0.39 is 15.9 Å². The number of nitrogens with one attached hydrogen (secondary N) is 2. The van der Waals surface area contributed by atoms with Crippen LogP contribution < -0.4 is 19.7 Å². The maximum Gasteiger partial charge on any atom is 0.266 e. The molecule has 3 rings (SSSR count). The van der Waals surface area contributed by atoms with E-state index in [0.717, 1.165) is 11.3 Å². The van der Waals surface area contributed by atoms with Crippen molar-refractivity contribution in [2.24, 2.45) is 0 Å². The maximum absolute atomic E-state index is 12.0. The van der Waals surface area contributed by atoms with Gasteiger partial charge in [-0.25, -0.2) is 8.42 Å². The van der Waals surface area contributed by atoms with Gasteiger partial charge in [0, 0.05) is 5.56 Å². The number of hydrogen-bond donors (Lipinski definition) is 2. The second kappa shape index (κ2) is 5.95. The average molecular weight is 340 g/mol. The molecule has 1 aromatic heterocycles. The van der Waals surface area contributed by atoms with Crippen molar-refractivity contribution < 1.29 is 22.7 Å². The molecule has 1 aliphatic heterocycles. The van der Waals surface area contributed by atoms with Gasteiger partial charge in [-0.05, 0) is 29.6 Å². The van der Waals surface area contributed by atoms with Crippen molar-refractivity contribution >= 4 is 27.3 Å². The standard InChI is InChI=1S/C13H12N2O5S2/c16-13(14-15-22(17,18)12-2-1-7-21-12)9-3-4-10-11(8-9)20-6-5-19-10/h1-4,7-8,15H,5-6H2,(H,14,16). The molecule has 1 amide bonds. The number of hydrazine groups is 1. The summed E-state index contributed by atoms with van der Waals surface area (Å²) in [5.41, 5.74) is 2.43. The van der Waals surface area contributed by atoms with Crippen LogP contribution in [0.15, 0.2) is 39.9 Å². The SMILES string of the molecule is O=C(NNS(=O)(=O)c1cccs1)c1ccc2c(c1)OCCO2. The Morgan fingerprint density at radius 3 is 2.64 bits per heavy atom. The Kier molecular flexibility index (Phi) is 4.01. The summed E-state index contributed by atoms with van der Waals surface area (Å²) >= 11 is 1.06. The maximum atomic E-state index is 12.0. The lowest BCUT2D eigenvalue weighted by atomic mass is 10.2. The molecule has 1 aromatic carbocycles. The lowest BCUT2D eigenvalue weighted by Gasteiger charge is -2.18. The molecular formula is C13H12N2O5S2. The van der Waals surface area contributed by atoms with Crippen molar-refractivity contribution in [3.05, 3.63) is 41.3 Å². The molecule has 0 fully saturated rings. The molecule has 0 bridgehead atoms. The number of benzene rings is 1. The zero-order chi connectivity index (χ0) is 15.6. The van der Waals surface area contributed by atoms with E-state index in [1.807, 2.05) is 0 Å². The van der Waals surface area contributed by atoms with E-state index >= 15 is 0 Å². The zero-order valence-electron chi connectivity index (χ0n) is 11.2. The van der Waals surface area contributed by atoms with Crippen LogP contribution in [0.3, 0.4) is 0 Å². The van der Waals surface area contributed by atoms with Gasteiger partial charge in [0.1, 0.15) is 17.4 Å². The summed E-state index contributed by atoms with van der Waals surface area (Å²) in [5.74, 6) is 0.430. The van der Waals surface area contributed by atoms with Crippen LogP contribution in [-0.4, -0.2) is 27.5 Å². The van der Waals surface area contributed by atoms with Gasteiger partial charge in [0.05, 0.1) is 0 Å². The number of amides is 1. The smallest absolute Gasteiger partial charge is 0.266 e. The first-order chi connectivity index (χ1) is 10.6. The van der Waals surface area contributed by atoms with E-state index in [2.05, 4.69) is 10.3 Å². The van der Waals surface area contributed by atoms with E-state index in [0.29, 0.717) is 24.7 Å². The molecule has 0 aliphatic carbocycles. The minimum absolute atomic E-state index is 0.120. The van der Waals surface area contributed by atoms with E-state index in [-0.39, 0.29) is 9.77 Å². The number of fused-ring (bicyclic) bond motifs is 1. The highest BCUT2D eigenvalue weighted by Crippen LogP contribution is 2.30. The molecule has 0 spiro atoms. The average Bonchev–Trinajstić information content (AvgIpc) is 3.07. The van der Waals surface area contributed by atoms with Crippen LogP contribution in [0.25, 0.3) is 0 Å². The number of carbonyl (C=O) groups is 1. The van der Waals surface area contributed by atoms with E-state index in [1.54, 1.807) is 17.5 Å². The summed E-state index contributed by atoms with van der Waals surface area (Å²) in [6.07, 6.45) is 0. The zero-order valence-corrected chi connectivity index (χ0v) is 12.9. The van der Waals surface area contributed by atoms with Crippen LogP contribution in [0.2, 0.25) is 0 Å². The lowest BCUT2D eigenvalue weighted by Crippen LogP contribution is -2.41. The third kappa shape index (κ3) is 3.06. The van der Waals surface area contributed by atoms with Gasteiger partial charge in [0.15, 0.2) is 11.5 Å². The summed E-state index contributed by atoms with van der Waals surface area (Å²) in [6, 6.07) is 7.70. The number of thiophene rings is 1. The van der Waals surface area contributed by atoms with Crippen molar-refractivity contribution in [3.8, 4) is 11.5 Å². The van der Waals surface area contributed by atoms with Gasteiger partial charge in [0.2, 0.25) is 0 Å². The van der Waals surface area contributed by atoms with Crippen LogP contribution >= 0.6 is 11.3 Å². The van der Waals surface area contributed by atoms with Gasteiger partial charge in [-0.15, -0.1) is 16.2 Å². The van der Waals surface area contributed by atoms with Gasteiger partial charge in [-0.1, -0.05) is 6.07 Å². The highest BCUT2D eigenvalue weighted by molar-refractivity contribution is 7.91. The number of sulfonamides is 1. The second-order valence-corrected chi connectivity index (χ2v) is 7.21. The largest absolute Gasteiger partial charge is 0.486 e. The Balaban J connectivity index is 1.70. The van der Waals surface area contributed by atoms with E-state index in [4.69, 9.17) is 9.47 Å². The second-order valence-electron chi connectivity index (χ2n) is 4.35. The van der Waals surface area contributed by atoms with Crippen LogP contribution in [0.4, 0.5) is 0 Å². The molecule has 22 heavy (non-hydrogen) atoms. The van der Waals surface area contributed by atoms with Gasteiger partial charge >= 0.3 is 0 Å². The van der Waals surface area contributed by atoms with Crippen molar-refractivity contribution in [1.82, 2.24) is 10.3 Å². The molecule has 0 saturated heterocycles. The monoisotopic (exact) mass is 340 g/mol. The minimum Gasteiger partial charge on any atom is -0.486 e. The summed E-state index contributed by atoms with van der Waals surface area (Å²) in [7, 11) is -3.76. The number of carbonyl (C=O) groups excluding carboxylic acids is 1. The Morgan fingerprint density at radius 1 is 1.14 bits per heavy atom. The molecule has 9 heteroatoms. The van der Waals surface area contributed by atoms with Crippen LogP contribution in [0.5, 0.6) is 11.5 Å². The van der Waals surface area contributed by atoms with Crippen molar-refractivity contribution in [2.45, 2.75) is 4.21 Å². The van der Waals surface area contributed by atoms with Gasteiger partial charge in [-0.3, -0.25) is 10.2 Å². The van der Waals surface area contributed by atoms with Gasteiger partial charge in [-0.2, -0.15) is 0 Å². The molecular weight excluding hydrogens is 328 g/mol. The normalized spacial score (nSPS) is 13.6. The molecule has 0 saturated carbocycles. The molecule has 2 N–H and O–H groups in total. The fourth-order valence-electron chi connectivity index (χ4n) is 1.84. The minimum atomic E-state index is -3.76. The first-order valence-electron chi connectivity index (χ1n) is 6.31. The topological polar surface area (TPSA) is 93.7 Å². The van der Waals surface area contributed by atoms with Gasteiger partial charge in [0.25, 0.3) is 15.9 Å². The number of ether oxygens (including phenoxy) is 2. The quantitative estimate of drug-likeness (QED) is 0.814. The molecule has 2 aromatic rings.